The molecule has 0 unspecified atom stereocenters. The van der Waals surface area contributed by atoms with Crippen LogP contribution in [0.3, 0.4) is 0 Å². The molecule has 16 heavy (non-hydrogen) atoms. The highest BCUT2D eigenvalue weighted by Gasteiger charge is 2.24. The molecule has 0 aromatic carbocycles. The van der Waals surface area contributed by atoms with Crippen LogP contribution in [0, 0.1) is 0 Å². The number of carbonyl (C=O) groups excluding carboxylic acids is 1. The molecule has 1 amide bonds. The van der Waals surface area contributed by atoms with Gasteiger partial charge in [0, 0.05) is 6.54 Å². The number of carbonyl (C=O) groups is 1. The number of nitrogens with zero attached hydrogens (tertiary/aromatic N) is 2. The van der Waals surface area contributed by atoms with Gasteiger partial charge >= 0.3 is 6.09 Å². The molecule has 1 fully saturated rings. The van der Waals surface area contributed by atoms with Gasteiger partial charge in [-0.3, -0.25) is 0 Å². The highest BCUT2D eigenvalue weighted by atomic mass is 16.6. The van der Waals surface area contributed by atoms with E-state index in [1.165, 1.54) is 0 Å². The first kappa shape index (κ1) is 12.8. The Labute approximate surface area is 96.1 Å². The zero-order chi connectivity index (χ0) is 12.2. The van der Waals surface area contributed by atoms with Gasteiger partial charge in [0.05, 0.1) is 12.3 Å². The minimum atomic E-state index is -0.486. The molecule has 1 heterocycles. The van der Waals surface area contributed by atoms with Crippen LogP contribution in [0.2, 0.25) is 0 Å². The van der Waals surface area contributed by atoms with E-state index in [9.17, 15) is 4.79 Å². The third kappa shape index (κ3) is 4.08. The number of likely N-dealkylation sites (tertiary alicyclic amines) is 1. The molecule has 1 aliphatic heterocycles. The number of amides is 1. The standard InChI is InChI=1S/C11H20N2O3/c1-11(2,3)16-10(14)13-7-5-4-6-9(8-13)12-15/h15H,4-8H2,1-3H3/b12-9-. The molecule has 0 aromatic heterocycles. The van der Waals surface area contributed by atoms with Gasteiger partial charge in [0.1, 0.15) is 5.60 Å². The molecular weight excluding hydrogens is 208 g/mol. The van der Waals surface area contributed by atoms with E-state index in [2.05, 4.69) is 5.16 Å². The van der Waals surface area contributed by atoms with E-state index >= 15 is 0 Å². The predicted molar refractivity (Wildman–Crippen MR) is 60.9 cm³/mol. The molecule has 92 valence electrons. The van der Waals surface area contributed by atoms with Gasteiger partial charge in [-0.05, 0) is 40.0 Å². The van der Waals surface area contributed by atoms with Gasteiger partial charge in [-0.2, -0.15) is 0 Å². The van der Waals surface area contributed by atoms with Crippen molar-refractivity contribution < 1.29 is 14.7 Å². The third-order valence-corrected chi connectivity index (χ3v) is 2.31. The maximum atomic E-state index is 11.8. The van der Waals surface area contributed by atoms with Crippen molar-refractivity contribution in [3.63, 3.8) is 0 Å². The summed E-state index contributed by atoms with van der Waals surface area (Å²) in [7, 11) is 0. The number of hydrogen-bond acceptors (Lipinski definition) is 4. The van der Waals surface area contributed by atoms with Crippen LogP contribution in [0.25, 0.3) is 0 Å². The summed E-state index contributed by atoms with van der Waals surface area (Å²) < 4.78 is 5.28. The van der Waals surface area contributed by atoms with Crippen LogP contribution in [0.1, 0.15) is 40.0 Å². The second-order valence-corrected chi connectivity index (χ2v) is 5.03. The number of rotatable bonds is 0. The highest BCUT2D eigenvalue weighted by Crippen LogP contribution is 2.14. The van der Waals surface area contributed by atoms with E-state index in [1.54, 1.807) is 4.90 Å². The first-order valence-corrected chi connectivity index (χ1v) is 5.60. The van der Waals surface area contributed by atoms with Gasteiger partial charge in [-0.1, -0.05) is 5.16 Å². The summed E-state index contributed by atoms with van der Waals surface area (Å²) in [5.74, 6) is 0. The molecule has 0 atom stereocenters. The van der Waals surface area contributed by atoms with E-state index < -0.39 is 5.60 Å². The van der Waals surface area contributed by atoms with E-state index in [4.69, 9.17) is 9.94 Å². The Bertz CT molecular complexity index is 281. The van der Waals surface area contributed by atoms with Crippen molar-refractivity contribution in [2.24, 2.45) is 5.16 Å². The maximum Gasteiger partial charge on any atom is 0.410 e. The normalized spacial score (nSPS) is 20.7. The van der Waals surface area contributed by atoms with Crippen molar-refractivity contribution in [3.05, 3.63) is 0 Å². The molecule has 1 aliphatic rings. The first-order chi connectivity index (χ1) is 7.42. The summed E-state index contributed by atoms with van der Waals surface area (Å²) in [6.45, 7) is 6.54. The first-order valence-electron chi connectivity index (χ1n) is 5.60. The van der Waals surface area contributed by atoms with Gasteiger partial charge in [-0.15, -0.1) is 0 Å². The van der Waals surface area contributed by atoms with Crippen LogP contribution in [0.4, 0.5) is 4.79 Å². The third-order valence-electron chi connectivity index (χ3n) is 2.31. The van der Waals surface area contributed by atoms with Crippen molar-refractivity contribution in [2.75, 3.05) is 13.1 Å². The Kier molecular flexibility index (Phi) is 4.15. The molecule has 0 aromatic rings. The molecular formula is C11H20N2O3. The molecule has 0 saturated carbocycles. The molecule has 5 nitrogen and oxygen atoms in total. The summed E-state index contributed by atoms with van der Waals surface area (Å²) in [6.07, 6.45) is 2.27. The molecule has 1 N–H and O–H groups in total. The zero-order valence-electron chi connectivity index (χ0n) is 10.2. The summed E-state index contributed by atoms with van der Waals surface area (Å²) in [4.78, 5) is 13.4. The minimum Gasteiger partial charge on any atom is -0.444 e. The fourth-order valence-corrected chi connectivity index (χ4v) is 1.57. The summed E-state index contributed by atoms with van der Waals surface area (Å²) >= 11 is 0. The smallest absolute Gasteiger partial charge is 0.410 e. The average Bonchev–Trinajstić information content (AvgIpc) is 2.39. The van der Waals surface area contributed by atoms with Gasteiger partial charge in [0.15, 0.2) is 0 Å². The van der Waals surface area contributed by atoms with E-state index in [0.717, 1.165) is 19.3 Å². The van der Waals surface area contributed by atoms with E-state index in [-0.39, 0.29) is 6.09 Å². The van der Waals surface area contributed by atoms with Crippen molar-refractivity contribution in [2.45, 2.75) is 45.6 Å². The van der Waals surface area contributed by atoms with Crippen LogP contribution in [-0.4, -0.2) is 40.6 Å². The molecule has 0 spiro atoms. The van der Waals surface area contributed by atoms with Crippen LogP contribution >= 0.6 is 0 Å². The highest BCUT2D eigenvalue weighted by molar-refractivity contribution is 5.88. The number of hydrogen-bond donors (Lipinski definition) is 1. The Balaban J connectivity index is 2.60. The summed E-state index contributed by atoms with van der Waals surface area (Å²) in [5.41, 5.74) is 0.156. The van der Waals surface area contributed by atoms with Crippen molar-refractivity contribution in [1.82, 2.24) is 4.90 Å². The van der Waals surface area contributed by atoms with Crippen LogP contribution in [-0.2, 0) is 4.74 Å². The Morgan fingerprint density at radius 3 is 2.69 bits per heavy atom. The second-order valence-electron chi connectivity index (χ2n) is 5.03. The topological polar surface area (TPSA) is 62.1 Å². The largest absolute Gasteiger partial charge is 0.444 e. The molecule has 0 radical (unpaired) electrons. The van der Waals surface area contributed by atoms with Gasteiger partial charge in [0.2, 0.25) is 0 Å². The van der Waals surface area contributed by atoms with Crippen LogP contribution in [0.15, 0.2) is 5.16 Å². The van der Waals surface area contributed by atoms with Crippen LogP contribution in [0.5, 0.6) is 0 Å². The number of oxime groups is 1. The molecule has 5 heteroatoms. The van der Waals surface area contributed by atoms with Crippen molar-refractivity contribution >= 4 is 11.8 Å². The lowest BCUT2D eigenvalue weighted by Crippen LogP contribution is -2.39. The van der Waals surface area contributed by atoms with Crippen molar-refractivity contribution in [3.8, 4) is 0 Å². The number of ether oxygens (including phenoxy) is 1. The van der Waals surface area contributed by atoms with E-state index in [0.29, 0.717) is 18.8 Å². The maximum absolute atomic E-state index is 11.8. The SMILES string of the molecule is CC(C)(C)OC(=O)N1CCCC/C(=N/O)C1. The zero-order valence-corrected chi connectivity index (χ0v) is 10.2. The van der Waals surface area contributed by atoms with Gasteiger partial charge in [-0.25, -0.2) is 4.79 Å². The van der Waals surface area contributed by atoms with Crippen molar-refractivity contribution in [1.29, 1.82) is 0 Å². The summed E-state index contributed by atoms with van der Waals surface area (Å²) in [5, 5.41) is 12.0. The lowest BCUT2D eigenvalue weighted by molar-refractivity contribution is 0.0280. The van der Waals surface area contributed by atoms with Crippen LogP contribution < -0.4 is 0 Å². The van der Waals surface area contributed by atoms with Gasteiger partial charge in [0.25, 0.3) is 0 Å². The predicted octanol–water partition coefficient (Wildman–Crippen LogP) is 2.24. The Hall–Kier alpha value is -1.26. The fourth-order valence-electron chi connectivity index (χ4n) is 1.57. The minimum absolute atomic E-state index is 0.337. The monoisotopic (exact) mass is 228 g/mol. The molecule has 1 rings (SSSR count). The fraction of sp³-hybridized carbons (Fsp3) is 0.818. The average molecular weight is 228 g/mol. The Morgan fingerprint density at radius 1 is 1.44 bits per heavy atom. The van der Waals surface area contributed by atoms with Gasteiger partial charge < -0.3 is 14.8 Å². The summed E-state index contributed by atoms with van der Waals surface area (Å²) in [6, 6.07) is 0. The molecule has 0 bridgehead atoms. The quantitative estimate of drug-likeness (QED) is 0.511. The lowest BCUT2D eigenvalue weighted by Gasteiger charge is -2.26. The second kappa shape index (κ2) is 5.18. The Morgan fingerprint density at radius 2 is 2.12 bits per heavy atom. The molecule has 1 saturated heterocycles. The molecule has 0 aliphatic carbocycles. The lowest BCUT2D eigenvalue weighted by atomic mass is 10.2. The van der Waals surface area contributed by atoms with E-state index in [1.807, 2.05) is 20.8 Å².